The van der Waals surface area contributed by atoms with Gasteiger partial charge in [0.2, 0.25) is 5.91 Å². The Bertz CT molecular complexity index is 1070. The second-order valence-corrected chi connectivity index (χ2v) is 10.3. The Balaban J connectivity index is 1.79. The molecule has 1 heterocycles. The Kier molecular flexibility index (Phi) is 7.68. The van der Waals surface area contributed by atoms with Crippen LogP contribution >= 0.6 is 23.2 Å². The van der Waals surface area contributed by atoms with Gasteiger partial charge in [-0.1, -0.05) is 62.4 Å². The van der Waals surface area contributed by atoms with Crippen molar-refractivity contribution in [2.75, 3.05) is 0 Å². The molecular weight excluding hydrogens is 478 g/mol. The van der Waals surface area contributed by atoms with Crippen LogP contribution in [0.1, 0.15) is 63.1 Å². The van der Waals surface area contributed by atoms with E-state index in [-0.39, 0.29) is 40.9 Å². The highest BCUT2D eigenvalue weighted by Gasteiger charge is 2.42. The van der Waals surface area contributed by atoms with Gasteiger partial charge in [-0.05, 0) is 49.1 Å². The lowest BCUT2D eigenvalue weighted by Gasteiger charge is -2.33. The summed E-state index contributed by atoms with van der Waals surface area (Å²) in [7, 11) is 0. The zero-order valence-corrected chi connectivity index (χ0v) is 20.8. The van der Waals surface area contributed by atoms with Gasteiger partial charge in [0, 0.05) is 33.8 Å². The van der Waals surface area contributed by atoms with Gasteiger partial charge in [-0.15, -0.1) is 0 Å². The molecule has 2 unspecified atom stereocenters. The molecule has 1 aliphatic heterocycles. The third-order valence-electron chi connectivity index (χ3n) is 6.52. The molecule has 0 spiro atoms. The van der Waals surface area contributed by atoms with Crippen molar-refractivity contribution in [3.8, 4) is 5.75 Å². The Labute approximate surface area is 209 Å². The fraction of sp³-hybridized carbons (Fsp3) is 0.462. The maximum absolute atomic E-state index is 14.8. The lowest BCUT2D eigenvalue weighted by molar-refractivity contribution is -0.147. The summed E-state index contributed by atoms with van der Waals surface area (Å²) in [5.74, 6) is -0.969. The van der Waals surface area contributed by atoms with Gasteiger partial charge in [0.05, 0.1) is 0 Å². The summed E-state index contributed by atoms with van der Waals surface area (Å²) in [5.41, 5.74) is 0.757. The highest BCUT2D eigenvalue weighted by atomic mass is 35.5. The van der Waals surface area contributed by atoms with Crippen molar-refractivity contribution in [1.82, 2.24) is 10.2 Å². The highest BCUT2D eigenvalue weighted by molar-refractivity contribution is 6.31. The SMILES string of the molecule is CC(C)C1Oc2ccc(Cl)cc2C(C(=O)NC2CCCCC2)N(Cc2ccc(Cl)cc2F)C1=O. The highest BCUT2D eigenvalue weighted by Crippen LogP contribution is 2.39. The van der Waals surface area contributed by atoms with Gasteiger partial charge in [0.1, 0.15) is 17.6 Å². The van der Waals surface area contributed by atoms with Gasteiger partial charge in [0.15, 0.2) is 6.10 Å². The summed E-state index contributed by atoms with van der Waals surface area (Å²) < 4.78 is 20.9. The molecule has 0 saturated heterocycles. The summed E-state index contributed by atoms with van der Waals surface area (Å²) >= 11 is 12.2. The number of hydrogen-bond donors (Lipinski definition) is 1. The first-order valence-electron chi connectivity index (χ1n) is 11.8. The van der Waals surface area contributed by atoms with E-state index in [2.05, 4.69) is 5.32 Å². The van der Waals surface area contributed by atoms with Crippen LogP contribution in [0, 0.1) is 11.7 Å². The molecule has 1 fully saturated rings. The number of nitrogens with zero attached hydrogens (tertiary/aromatic N) is 1. The van der Waals surface area contributed by atoms with Gasteiger partial charge in [-0.3, -0.25) is 9.59 Å². The lowest BCUT2D eigenvalue weighted by atomic mass is 9.94. The molecule has 5 nitrogen and oxygen atoms in total. The second kappa shape index (κ2) is 10.5. The monoisotopic (exact) mass is 506 g/mol. The maximum Gasteiger partial charge on any atom is 0.265 e. The third kappa shape index (κ3) is 5.33. The van der Waals surface area contributed by atoms with Gasteiger partial charge in [0.25, 0.3) is 5.91 Å². The lowest BCUT2D eigenvalue weighted by Crippen LogP contribution is -2.49. The van der Waals surface area contributed by atoms with Gasteiger partial charge in [-0.25, -0.2) is 4.39 Å². The number of fused-ring (bicyclic) bond motifs is 1. The molecule has 2 aliphatic rings. The van der Waals surface area contributed by atoms with E-state index < -0.39 is 18.0 Å². The largest absolute Gasteiger partial charge is 0.480 e. The van der Waals surface area contributed by atoms with Crippen molar-refractivity contribution < 1.29 is 18.7 Å². The number of halogens is 3. The minimum atomic E-state index is -1.01. The molecule has 0 bridgehead atoms. The van der Waals surface area contributed by atoms with Crippen LogP contribution in [0.4, 0.5) is 4.39 Å². The van der Waals surface area contributed by atoms with E-state index in [0.717, 1.165) is 32.1 Å². The smallest absolute Gasteiger partial charge is 0.265 e. The van der Waals surface area contributed by atoms with Crippen LogP contribution in [0.15, 0.2) is 36.4 Å². The molecule has 1 aliphatic carbocycles. The van der Waals surface area contributed by atoms with E-state index in [9.17, 15) is 14.0 Å². The first kappa shape index (κ1) is 24.8. The fourth-order valence-electron chi connectivity index (χ4n) is 4.72. The molecule has 1 saturated carbocycles. The molecule has 2 amide bonds. The van der Waals surface area contributed by atoms with Crippen LogP contribution in [-0.2, 0) is 16.1 Å². The van der Waals surface area contributed by atoms with Crippen molar-refractivity contribution in [2.45, 2.75) is 70.7 Å². The first-order chi connectivity index (χ1) is 16.2. The van der Waals surface area contributed by atoms with Crippen LogP contribution in [0.5, 0.6) is 5.75 Å². The van der Waals surface area contributed by atoms with Crippen LogP contribution in [0.2, 0.25) is 10.0 Å². The normalized spacial score (nSPS) is 21.1. The molecule has 0 radical (unpaired) electrons. The summed E-state index contributed by atoms with van der Waals surface area (Å²) in [5, 5.41) is 3.82. The van der Waals surface area contributed by atoms with E-state index in [4.69, 9.17) is 27.9 Å². The number of benzene rings is 2. The number of ether oxygens (including phenoxy) is 1. The molecular formula is C26H29Cl2FN2O3. The van der Waals surface area contributed by atoms with Crippen LogP contribution < -0.4 is 10.1 Å². The number of hydrogen-bond acceptors (Lipinski definition) is 3. The Morgan fingerprint density at radius 2 is 1.79 bits per heavy atom. The summed E-state index contributed by atoms with van der Waals surface area (Å²) in [6.45, 7) is 3.65. The van der Waals surface area contributed by atoms with E-state index in [1.807, 2.05) is 13.8 Å². The topological polar surface area (TPSA) is 58.6 Å². The molecule has 182 valence electrons. The van der Waals surface area contributed by atoms with E-state index >= 15 is 0 Å². The minimum absolute atomic E-state index is 0.0400. The standard InChI is InChI=1S/C26H29Cl2FN2O3/c1-15(2)24-26(33)31(14-16-8-9-18(28)13-21(16)29)23(20-12-17(27)10-11-22(20)34-24)25(32)30-19-6-4-3-5-7-19/h8-13,15,19,23-24H,3-7,14H2,1-2H3,(H,30,32). The van der Waals surface area contributed by atoms with Gasteiger partial charge in [-0.2, -0.15) is 0 Å². The van der Waals surface area contributed by atoms with Crippen molar-refractivity contribution in [1.29, 1.82) is 0 Å². The molecule has 0 aromatic heterocycles. The zero-order valence-electron chi connectivity index (χ0n) is 19.3. The molecule has 34 heavy (non-hydrogen) atoms. The second-order valence-electron chi connectivity index (χ2n) is 9.41. The van der Waals surface area contributed by atoms with Crippen LogP contribution in [-0.4, -0.2) is 28.9 Å². The first-order valence-corrected chi connectivity index (χ1v) is 12.5. The van der Waals surface area contributed by atoms with E-state index in [0.29, 0.717) is 16.3 Å². The summed E-state index contributed by atoms with van der Waals surface area (Å²) in [6, 6.07) is 8.36. The number of carbonyl (C=O) groups excluding carboxylic acids is 2. The predicted molar refractivity (Wildman–Crippen MR) is 130 cm³/mol. The fourth-order valence-corrected chi connectivity index (χ4v) is 5.06. The molecule has 2 atom stereocenters. The summed E-state index contributed by atoms with van der Waals surface area (Å²) in [6.07, 6.45) is 4.21. The minimum Gasteiger partial charge on any atom is -0.480 e. The quantitative estimate of drug-likeness (QED) is 0.535. The predicted octanol–water partition coefficient (Wildman–Crippen LogP) is 6.07. The molecule has 8 heteroatoms. The van der Waals surface area contributed by atoms with Crippen molar-refractivity contribution in [3.63, 3.8) is 0 Å². The average Bonchev–Trinajstić information content (AvgIpc) is 2.91. The number of nitrogens with one attached hydrogen (secondary N) is 1. The van der Waals surface area contributed by atoms with Crippen molar-refractivity contribution in [2.24, 2.45) is 5.92 Å². The number of amides is 2. The Morgan fingerprint density at radius 3 is 2.47 bits per heavy atom. The van der Waals surface area contributed by atoms with Gasteiger partial charge < -0.3 is 15.0 Å². The van der Waals surface area contributed by atoms with Crippen LogP contribution in [0.3, 0.4) is 0 Å². The Hall–Kier alpha value is -2.31. The van der Waals surface area contributed by atoms with Crippen molar-refractivity contribution >= 4 is 35.0 Å². The third-order valence-corrected chi connectivity index (χ3v) is 6.99. The maximum atomic E-state index is 14.8. The molecule has 2 aromatic rings. The number of carbonyl (C=O) groups is 2. The van der Waals surface area contributed by atoms with Crippen LogP contribution in [0.25, 0.3) is 0 Å². The molecule has 2 aromatic carbocycles. The zero-order chi connectivity index (χ0) is 24.4. The van der Waals surface area contributed by atoms with E-state index in [1.54, 1.807) is 24.3 Å². The number of rotatable bonds is 5. The van der Waals surface area contributed by atoms with Gasteiger partial charge >= 0.3 is 0 Å². The Morgan fingerprint density at radius 1 is 1.12 bits per heavy atom. The summed E-state index contributed by atoms with van der Waals surface area (Å²) in [4.78, 5) is 28.9. The molecule has 1 N–H and O–H groups in total. The molecule has 4 rings (SSSR count). The average molecular weight is 507 g/mol. The van der Waals surface area contributed by atoms with E-state index in [1.165, 1.54) is 17.0 Å². The van der Waals surface area contributed by atoms with Crippen molar-refractivity contribution in [3.05, 3.63) is 63.4 Å².